The van der Waals surface area contributed by atoms with Crippen LogP contribution in [0.2, 0.25) is 0 Å². The Labute approximate surface area is 175 Å². The highest BCUT2D eigenvalue weighted by Crippen LogP contribution is 2.28. The Hall–Kier alpha value is -3.61. The molecule has 0 atom stereocenters. The standard InChI is InChI=1S/C23H25N5O2/c1-3-24-23(30)26-17-7-4-6-16(14-17)25-22(29)21-19-8-5-9-20(19)28(27-21)18-12-10-15(2)11-13-18/h4,6-7,10-14H,3,5,8-9H2,1-2H3,(H,25,29)(H2,24,26,30). The van der Waals surface area contributed by atoms with Crippen LogP contribution < -0.4 is 16.0 Å². The molecule has 4 rings (SSSR count). The molecular weight excluding hydrogens is 378 g/mol. The minimum atomic E-state index is -0.282. The Morgan fingerprint density at radius 1 is 1.03 bits per heavy atom. The molecule has 0 spiro atoms. The minimum Gasteiger partial charge on any atom is -0.338 e. The highest BCUT2D eigenvalue weighted by atomic mass is 16.2. The SMILES string of the molecule is CCNC(=O)Nc1cccc(NC(=O)c2nn(-c3ccc(C)cc3)c3c2CCC3)c1. The first kappa shape index (κ1) is 19.7. The molecule has 3 aromatic rings. The van der Waals surface area contributed by atoms with E-state index in [1.165, 1.54) is 5.56 Å². The number of urea groups is 1. The molecule has 0 aliphatic heterocycles. The summed E-state index contributed by atoms with van der Waals surface area (Å²) in [5.74, 6) is -0.242. The van der Waals surface area contributed by atoms with E-state index in [1.807, 2.05) is 42.8 Å². The van der Waals surface area contributed by atoms with Gasteiger partial charge in [0.25, 0.3) is 5.91 Å². The van der Waals surface area contributed by atoms with Crippen molar-refractivity contribution in [3.63, 3.8) is 0 Å². The molecule has 0 bridgehead atoms. The Morgan fingerprint density at radius 2 is 1.77 bits per heavy atom. The van der Waals surface area contributed by atoms with Crippen LogP contribution in [-0.2, 0) is 12.8 Å². The van der Waals surface area contributed by atoms with E-state index in [1.54, 1.807) is 24.3 Å². The van der Waals surface area contributed by atoms with Gasteiger partial charge in [0.1, 0.15) is 0 Å². The van der Waals surface area contributed by atoms with Gasteiger partial charge < -0.3 is 16.0 Å². The molecule has 154 valence electrons. The molecule has 0 radical (unpaired) electrons. The maximum atomic E-state index is 13.0. The lowest BCUT2D eigenvalue weighted by atomic mass is 10.2. The average molecular weight is 403 g/mol. The molecule has 3 amide bonds. The maximum absolute atomic E-state index is 13.0. The van der Waals surface area contributed by atoms with Gasteiger partial charge in [-0.15, -0.1) is 0 Å². The molecule has 1 heterocycles. The fourth-order valence-corrected chi connectivity index (χ4v) is 3.72. The number of rotatable bonds is 5. The summed E-state index contributed by atoms with van der Waals surface area (Å²) in [5.41, 5.74) is 5.94. The lowest BCUT2D eigenvalue weighted by Gasteiger charge is -2.09. The Bertz CT molecular complexity index is 1090. The van der Waals surface area contributed by atoms with E-state index in [4.69, 9.17) is 0 Å². The van der Waals surface area contributed by atoms with E-state index in [-0.39, 0.29) is 11.9 Å². The zero-order chi connectivity index (χ0) is 21.1. The number of nitrogens with zero attached hydrogens (tertiary/aromatic N) is 2. The number of benzene rings is 2. The van der Waals surface area contributed by atoms with Gasteiger partial charge in [-0.2, -0.15) is 5.10 Å². The second-order valence-electron chi connectivity index (χ2n) is 7.39. The summed E-state index contributed by atoms with van der Waals surface area (Å²) < 4.78 is 1.89. The maximum Gasteiger partial charge on any atom is 0.319 e. The van der Waals surface area contributed by atoms with E-state index in [0.717, 1.165) is 36.2 Å². The molecular formula is C23H25N5O2. The molecule has 1 aromatic heterocycles. The van der Waals surface area contributed by atoms with Gasteiger partial charge in [0, 0.05) is 29.2 Å². The van der Waals surface area contributed by atoms with Crippen LogP contribution >= 0.6 is 0 Å². The summed E-state index contributed by atoms with van der Waals surface area (Å²) in [6.07, 6.45) is 2.78. The molecule has 0 fully saturated rings. The molecule has 1 aliphatic rings. The molecule has 2 aromatic carbocycles. The summed E-state index contributed by atoms with van der Waals surface area (Å²) in [6.45, 7) is 4.44. The number of nitrogens with one attached hydrogen (secondary N) is 3. The van der Waals surface area contributed by atoms with Crippen molar-refractivity contribution < 1.29 is 9.59 Å². The first-order chi connectivity index (χ1) is 14.5. The fraction of sp³-hybridized carbons (Fsp3) is 0.261. The van der Waals surface area contributed by atoms with Gasteiger partial charge in [0.2, 0.25) is 0 Å². The van der Waals surface area contributed by atoms with Gasteiger partial charge in [-0.25, -0.2) is 9.48 Å². The first-order valence-corrected chi connectivity index (χ1v) is 10.2. The van der Waals surface area contributed by atoms with Crippen LogP contribution in [0.1, 0.15) is 40.7 Å². The number of carbonyl (C=O) groups is 2. The van der Waals surface area contributed by atoms with Crippen LogP contribution in [0.25, 0.3) is 5.69 Å². The second kappa shape index (κ2) is 8.41. The van der Waals surface area contributed by atoms with E-state index < -0.39 is 0 Å². The number of amides is 3. The van der Waals surface area contributed by atoms with Gasteiger partial charge in [-0.1, -0.05) is 23.8 Å². The van der Waals surface area contributed by atoms with Crippen molar-refractivity contribution in [3.8, 4) is 5.69 Å². The van der Waals surface area contributed by atoms with Crippen molar-refractivity contribution in [1.29, 1.82) is 0 Å². The van der Waals surface area contributed by atoms with Crippen molar-refractivity contribution >= 4 is 23.3 Å². The summed E-state index contributed by atoms with van der Waals surface area (Å²) >= 11 is 0. The van der Waals surface area contributed by atoms with Crippen molar-refractivity contribution in [2.45, 2.75) is 33.1 Å². The van der Waals surface area contributed by atoms with Gasteiger partial charge in [0.05, 0.1) is 5.69 Å². The molecule has 30 heavy (non-hydrogen) atoms. The molecule has 3 N–H and O–H groups in total. The van der Waals surface area contributed by atoms with Gasteiger partial charge >= 0.3 is 6.03 Å². The van der Waals surface area contributed by atoms with Gasteiger partial charge in [-0.3, -0.25) is 4.79 Å². The summed E-state index contributed by atoms with van der Waals surface area (Å²) in [6, 6.07) is 14.9. The van der Waals surface area contributed by atoms with Crippen molar-refractivity contribution in [1.82, 2.24) is 15.1 Å². The Morgan fingerprint density at radius 3 is 2.50 bits per heavy atom. The second-order valence-corrected chi connectivity index (χ2v) is 7.39. The topological polar surface area (TPSA) is 88.1 Å². The van der Waals surface area contributed by atoms with E-state index in [0.29, 0.717) is 23.6 Å². The highest BCUT2D eigenvalue weighted by molar-refractivity contribution is 6.04. The number of hydrogen-bond acceptors (Lipinski definition) is 3. The zero-order valence-electron chi connectivity index (χ0n) is 17.2. The third-order valence-corrected chi connectivity index (χ3v) is 5.14. The lowest BCUT2D eigenvalue weighted by Crippen LogP contribution is -2.28. The Balaban J connectivity index is 1.57. The van der Waals surface area contributed by atoms with Crippen LogP contribution in [0.5, 0.6) is 0 Å². The molecule has 7 heteroatoms. The lowest BCUT2D eigenvalue weighted by molar-refractivity contribution is 0.102. The van der Waals surface area contributed by atoms with Crippen molar-refractivity contribution in [2.24, 2.45) is 0 Å². The van der Waals surface area contributed by atoms with Crippen LogP contribution in [0.15, 0.2) is 48.5 Å². The minimum absolute atomic E-state index is 0.242. The predicted octanol–water partition coefficient (Wildman–Crippen LogP) is 4.06. The normalized spacial score (nSPS) is 12.3. The van der Waals surface area contributed by atoms with Gasteiger partial charge in [-0.05, 0) is 63.4 Å². The predicted molar refractivity (Wildman–Crippen MR) is 117 cm³/mol. The van der Waals surface area contributed by atoms with Gasteiger partial charge in [0.15, 0.2) is 5.69 Å². The number of fused-ring (bicyclic) bond motifs is 1. The van der Waals surface area contributed by atoms with E-state index >= 15 is 0 Å². The summed E-state index contributed by atoms with van der Waals surface area (Å²) in [5, 5.41) is 13.0. The van der Waals surface area contributed by atoms with E-state index in [2.05, 4.69) is 21.0 Å². The molecule has 0 unspecified atom stereocenters. The average Bonchev–Trinajstić information content (AvgIpc) is 3.32. The monoisotopic (exact) mass is 403 g/mol. The number of hydrogen-bond donors (Lipinski definition) is 3. The smallest absolute Gasteiger partial charge is 0.319 e. The summed E-state index contributed by atoms with van der Waals surface area (Å²) in [4.78, 5) is 24.8. The van der Waals surface area contributed by atoms with Crippen molar-refractivity contribution in [3.05, 3.63) is 71.0 Å². The van der Waals surface area contributed by atoms with Crippen molar-refractivity contribution in [2.75, 3.05) is 17.2 Å². The van der Waals surface area contributed by atoms with Crippen LogP contribution in [0.3, 0.4) is 0 Å². The molecule has 1 aliphatic carbocycles. The molecule has 7 nitrogen and oxygen atoms in total. The zero-order valence-corrected chi connectivity index (χ0v) is 17.2. The number of aromatic nitrogens is 2. The van der Waals surface area contributed by atoms with Crippen LogP contribution in [0, 0.1) is 6.92 Å². The summed E-state index contributed by atoms with van der Waals surface area (Å²) in [7, 11) is 0. The Kier molecular flexibility index (Phi) is 5.52. The first-order valence-electron chi connectivity index (χ1n) is 10.2. The quantitative estimate of drug-likeness (QED) is 0.600. The van der Waals surface area contributed by atoms with Crippen LogP contribution in [0.4, 0.5) is 16.2 Å². The largest absolute Gasteiger partial charge is 0.338 e. The van der Waals surface area contributed by atoms with Crippen LogP contribution in [-0.4, -0.2) is 28.3 Å². The number of anilines is 2. The fourth-order valence-electron chi connectivity index (χ4n) is 3.72. The highest BCUT2D eigenvalue weighted by Gasteiger charge is 2.27. The molecule has 0 saturated heterocycles. The number of carbonyl (C=O) groups excluding carboxylic acids is 2. The van der Waals surface area contributed by atoms with E-state index in [9.17, 15) is 9.59 Å². The third-order valence-electron chi connectivity index (χ3n) is 5.14. The molecule has 0 saturated carbocycles. The third kappa shape index (κ3) is 4.05. The number of aryl methyl sites for hydroxylation is 1.